The number of hydrogen-bond donors (Lipinski definition) is 3. The standard InChI is InChI=1S/C85H156O17P2/c1-5-9-13-17-21-25-29-33-37-39-43-46-50-54-58-62-66-70-83(88)96-76-81(102-85(90)72-68-64-60-56-52-48-44-40-38-34-30-26-22-18-14-10-6-2)78-100-104(93,94)98-74-79(86)73-97-103(91,92)99-77-80(101-84(89)71-67-63-59-55-51-47-42-36-32-28-24-20-16-12-8-4)75-95-82(87)69-65-61-57-53-49-45-41-35-31-27-23-19-15-11-7-3/h22,26,34,36,38,42,44,48,56,60,79-81,86H,5-21,23-25,27-33,35,37,39-41,43,45-47,49-55,57-59,61-78H2,1-4H3,(H,91,92)(H,93,94)/b26-22-,38-34-,42-36-,48-44-,60-56-/t79-,80-,81-/m1/s1. The summed E-state index contributed by atoms with van der Waals surface area (Å²) in [5, 5.41) is 10.7. The average Bonchev–Trinajstić information content (AvgIpc) is 1.04. The van der Waals surface area contributed by atoms with Crippen molar-refractivity contribution in [3.8, 4) is 0 Å². The fourth-order valence-corrected chi connectivity index (χ4v) is 13.6. The van der Waals surface area contributed by atoms with E-state index < -0.39 is 97.5 Å². The molecule has 0 spiro atoms. The van der Waals surface area contributed by atoms with Crippen LogP contribution in [0.25, 0.3) is 0 Å². The van der Waals surface area contributed by atoms with Crippen molar-refractivity contribution in [2.75, 3.05) is 39.6 Å². The molecule has 2 unspecified atom stereocenters. The SMILES string of the molecule is CCCCC/C=C\C/C=C\C/C=C\C/C=C\CCCC(=O)O[C@H](COC(=O)CCCCCCCCCCCCCCCCCCC)COP(=O)(O)OC[C@H](O)COP(=O)(O)OC[C@@H](COC(=O)CCCCCCCCCCCCCCCCC)OC(=O)CCCCCCC/C=C\CCCCCCCC. The summed E-state index contributed by atoms with van der Waals surface area (Å²) in [6, 6.07) is 0. The first kappa shape index (κ1) is 101. The Morgan fingerprint density at radius 1 is 0.269 bits per heavy atom. The summed E-state index contributed by atoms with van der Waals surface area (Å²) in [5.41, 5.74) is 0. The molecule has 0 aromatic rings. The highest BCUT2D eigenvalue weighted by atomic mass is 31.2. The quantitative estimate of drug-likeness (QED) is 0.0169. The molecule has 608 valence electrons. The van der Waals surface area contributed by atoms with Crippen molar-refractivity contribution >= 4 is 39.5 Å². The minimum Gasteiger partial charge on any atom is -0.462 e. The van der Waals surface area contributed by atoms with Crippen LogP contribution in [-0.4, -0.2) is 96.7 Å². The maximum Gasteiger partial charge on any atom is 0.472 e. The normalized spacial score (nSPS) is 14.1. The van der Waals surface area contributed by atoms with Crippen molar-refractivity contribution in [3.63, 3.8) is 0 Å². The molecule has 0 heterocycles. The molecular weight excluding hydrogens is 1350 g/mol. The van der Waals surface area contributed by atoms with E-state index in [9.17, 15) is 43.2 Å². The van der Waals surface area contributed by atoms with E-state index >= 15 is 0 Å². The third kappa shape index (κ3) is 76.9. The van der Waals surface area contributed by atoms with Crippen LogP contribution in [0.4, 0.5) is 0 Å². The van der Waals surface area contributed by atoms with Crippen molar-refractivity contribution in [2.24, 2.45) is 0 Å². The Kier molecular flexibility index (Phi) is 75.5. The first-order valence-corrected chi connectivity index (χ1v) is 45.5. The molecule has 0 aliphatic rings. The predicted octanol–water partition coefficient (Wildman–Crippen LogP) is 25.0. The smallest absolute Gasteiger partial charge is 0.462 e. The van der Waals surface area contributed by atoms with Crippen LogP contribution >= 0.6 is 15.6 Å². The molecule has 0 radical (unpaired) electrons. The highest BCUT2D eigenvalue weighted by Gasteiger charge is 2.30. The molecule has 0 amide bonds. The van der Waals surface area contributed by atoms with Gasteiger partial charge in [0.25, 0.3) is 0 Å². The van der Waals surface area contributed by atoms with E-state index in [0.717, 1.165) is 103 Å². The first-order chi connectivity index (χ1) is 50.7. The second kappa shape index (κ2) is 77.9. The van der Waals surface area contributed by atoms with Gasteiger partial charge < -0.3 is 33.8 Å². The van der Waals surface area contributed by atoms with Crippen molar-refractivity contribution in [2.45, 2.75) is 418 Å². The Labute approximate surface area is 635 Å². The summed E-state index contributed by atoms with van der Waals surface area (Å²) in [7, 11) is -9.96. The van der Waals surface area contributed by atoms with Gasteiger partial charge in [-0.15, -0.1) is 0 Å². The van der Waals surface area contributed by atoms with Gasteiger partial charge in [0.05, 0.1) is 26.4 Å². The monoisotopic (exact) mass is 1510 g/mol. The molecule has 0 saturated heterocycles. The van der Waals surface area contributed by atoms with Gasteiger partial charge >= 0.3 is 39.5 Å². The molecule has 5 atom stereocenters. The Balaban J connectivity index is 5.37. The molecule has 0 fully saturated rings. The number of unbranched alkanes of at least 4 members (excludes halogenated alkanes) is 45. The van der Waals surface area contributed by atoms with Crippen LogP contribution in [0.1, 0.15) is 400 Å². The number of hydrogen-bond acceptors (Lipinski definition) is 15. The number of aliphatic hydroxyl groups is 1. The van der Waals surface area contributed by atoms with E-state index in [1.165, 1.54) is 212 Å². The second-order valence-corrected chi connectivity index (χ2v) is 31.7. The molecule has 0 saturated carbocycles. The maximum atomic E-state index is 13.1. The third-order valence-electron chi connectivity index (χ3n) is 18.5. The molecule has 0 bridgehead atoms. The molecule has 0 aliphatic heterocycles. The molecule has 0 rings (SSSR count). The number of phosphoric acid groups is 2. The maximum absolute atomic E-state index is 13.1. The lowest BCUT2D eigenvalue weighted by Gasteiger charge is -2.21. The van der Waals surface area contributed by atoms with Gasteiger partial charge in [-0.3, -0.25) is 37.3 Å². The number of carbonyl (C=O) groups is 4. The Morgan fingerprint density at radius 2 is 0.481 bits per heavy atom. The average molecular weight is 1510 g/mol. The predicted molar refractivity (Wildman–Crippen MR) is 427 cm³/mol. The largest absolute Gasteiger partial charge is 0.472 e. The van der Waals surface area contributed by atoms with E-state index in [-0.39, 0.29) is 25.7 Å². The zero-order chi connectivity index (χ0) is 76.0. The zero-order valence-electron chi connectivity index (χ0n) is 66.7. The fourth-order valence-electron chi connectivity index (χ4n) is 12.0. The highest BCUT2D eigenvalue weighted by Crippen LogP contribution is 2.45. The lowest BCUT2D eigenvalue weighted by Crippen LogP contribution is -2.30. The van der Waals surface area contributed by atoms with E-state index in [1.54, 1.807) is 0 Å². The van der Waals surface area contributed by atoms with Crippen LogP contribution in [0.5, 0.6) is 0 Å². The molecular formula is C85H156O17P2. The molecule has 3 N–H and O–H groups in total. The van der Waals surface area contributed by atoms with Crippen molar-refractivity contribution in [3.05, 3.63) is 60.8 Å². The van der Waals surface area contributed by atoms with E-state index in [0.29, 0.717) is 32.1 Å². The fraction of sp³-hybridized carbons (Fsp3) is 0.835. The molecule has 104 heavy (non-hydrogen) atoms. The van der Waals surface area contributed by atoms with Gasteiger partial charge in [0.15, 0.2) is 12.2 Å². The molecule has 19 heteroatoms. The van der Waals surface area contributed by atoms with Gasteiger partial charge in [-0.1, -0.05) is 345 Å². The van der Waals surface area contributed by atoms with Gasteiger partial charge in [-0.2, -0.15) is 0 Å². The van der Waals surface area contributed by atoms with Gasteiger partial charge in [0, 0.05) is 25.7 Å². The summed E-state index contributed by atoms with van der Waals surface area (Å²) < 4.78 is 68.7. The summed E-state index contributed by atoms with van der Waals surface area (Å²) in [4.78, 5) is 73.1. The van der Waals surface area contributed by atoms with Crippen molar-refractivity contribution in [1.29, 1.82) is 0 Å². The van der Waals surface area contributed by atoms with Crippen molar-refractivity contribution in [1.82, 2.24) is 0 Å². The first-order valence-electron chi connectivity index (χ1n) is 42.5. The lowest BCUT2D eigenvalue weighted by molar-refractivity contribution is -0.161. The molecule has 0 aliphatic carbocycles. The van der Waals surface area contributed by atoms with Gasteiger partial charge in [-0.05, 0) is 89.9 Å². The molecule has 0 aromatic carbocycles. The van der Waals surface area contributed by atoms with Gasteiger partial charge in [-0.25, -0.2) is 9.13 Å². The topological polar surface area (TPSA) is 237 Å². The number of ether oxygens (including phenoxy) is 4. The molecule has 0 aromatic heterocycles. The second-order valence-electron chi connectivity index (χ2n) is 28.8. The summed E-state index contributed by atoms with van der Waals surface area (Å²) in [5.74, 6) is -2.21. The lowest BCUT2D eigenvalue weighted by atomic mass is 10.0. The summed E-state index contributed by atoms with van der Waals surface area (Å²) in [6.07, 6.45) is 79.1. The summed E-state index contributed by atoms with van der Waals surface area (Å²) in [6.45, 7) is 4.88. The molecule has 17 nitrogen and oxygen atoms in total. The van der Waals surface area contributed by atoms with Crippen LogP contribution in [0.3, 0.4) is 0 Å². The number of esters is 4. The van der Waals surface area contributed by atoms with Crippen LogP contribution in [0, 0.1) is 0 Å². The number of rotatable bonds is 81. The Bertz CT molecular complexity index is 2200. The van der Waals surface area contributed by atoms with Crippen LogP contribution in [-0.2, 0) is 65.4 Å². The third-order valence-corrected chi connectivity index (χ3v) is 20.4. The van der Waals surface area contributed by atoms with Crippen LogP contribution in [0.15, 0.2) is 60.8 Å². The van der Waals surface area contributed by atoms with E-state index in [1.807, 2.05) is 12.2 Å². The Morgan fingerprint density at radius 3 is 0.788 bits per heavy atom. The summed E-state index contributed by atoms with van der Waals surface area (Å²) >= 11 is 0. The Hall–Kier alpha value is -3.24. The highest BCUT2D eigenvalue weighted by molar-refractivity contribution is 7.47. The minimum atomic E-state index is -4.99. The van der Waals surface area contributed by atoms with E-state index in [2.05, 4.69) is 76.3 Å². The van der Waals surface area contributed by atoms with E-state index in [4.69, 9.17) is 37.0 Å². The van der Waals surface area contributed by atoms with Gasteiger partial charge in [0.1, 0.15) is 19.3 Å². The number of phosphoric ester groups is 2. The zero-order valence-corrected chi connectivity index (χ0v) is 68.5. The van der Waals surface area contributed by atoms with Crippen molar-refractivity contribution < 1.29 is 80.2 Å². The number of allylic oxidation sites excluding steroid dienone is 10. The van der Waals surface area contributed by atoms with Gasteiger partial charge in [0.2, 0.25) is 0 Å². The minimum absolute atomic E-state index is 0.0245. The number of aliphatic hydroxyl groups excluding tert-OH is 1. The number of carbonyl (C=O) groups excluding carboxylic acids is 4. The van der Waals surface area contributed by atoms with Crippen LogP contribution in [0.2, 0.25) is 0 Å². The van der Waals surface area contributed by atoms with Crippen LogP contribution < -0.4 is 0 Å².